The Bertz CT molecular complexity index is 789. The first-order valence-corrected chi connectivity index (χ1v) is 8.60. The van der Waals surface area contributed by atoms with Crippen molar-refractivity contribution in [1.29, 1.82) is 0 Å². The van der Waals surface area contributed by atoms with Gasteiger partial charge in [-0.25, -0.2) is 8.78 Å². The van der Waals surface area contributed by atoms with Gasteiger partial charge in [-0.1, -0.05) is 6.07 Å². The summed E-state index contributed by atoms with van der Waals surface area (Å²) in [7, 11) is 1.35. The number of carbonyl (C=O) groups is 1. The Balaban J connectivity index is 1.60. The van der Waals surface area contributed by atoms with E-state index < -0.39 is 17.7 Å². The van der Waals surface area contributed by atoms with Gasteiger partial charge in [0.2, 0.25) is 5.91 Å². The van der Waals surface area contributed by atoms with E-state index in [1.165, 1.54) is 7.11 Å². The second-order valence-electron chi connectivity index (χ2n) is 6.20. The Hall–Kier alpha value is -2.58. The van der Waals surface area contributed by atoms with Crippen LogP contribution in [0.5, 0.6) is 5.75 Å². The first kappa shape index (κ1) is 19.2. The van der Waals surface area contributed by atoms with Crippen molar-refractivity contribution in [3.8, 4) is 5.75 Å². The van der Waals surface area contributed by atoms with E-state index in [1.54, 1.807) is 6.20 Å². The number of hydrogen-bond donors (Lipinski definition) is 1. The molecule has 144 valence electrons. The molecule has 0 bridgehead atoms. The number of benzene rings is 1. The molecular formula is C19H21F2N3O3. The molecule has 1 unspecified atom stereocenters. The fraction of sp³-hybridized carbons (Fsp3) is 0.368. The molecule has 1 atom stereocenters. The van der Waals surface area contributed by atoms with E-state index >= 15 is 0 Å². The SMILES string of the molecule is COc1cc(F)cc(F)c1C1CN(CC(=O)NCc2ccccn2)CCO1. The number of morpholine rings is 1. The van der Waals surface area contributed by atoms with E-state index in [9.17, 15) is 13.6 Å². The van der Waals surface area contributed by atoms with Crippen molar-refractivity contribution >= 4 is 5.91 Å². The molecule has 1 amide bonds. The number of halogens is 2. The van der Waals surface area contributed by atoms with Crippen molar-refractivity contribution in [1.82, 2.24) is 15.2 Å². The average molecular weight is 377 g/mol. The Morgan fingerprint density at radius 3 is 3.00 bits per heavy atom. The van der Waals surface area contributed by atoms with Crippen LogP contribution in [-0.2, 0) is 16.1 Å². The number of ether oxygens (including phenoxy) is 2. The maximum atomic E-state index is 14.3. The molecule has 2 aromatic rings. The zero-order valence-corrected chi connectivity index (χ0v) is 15.0. The van der Waals surface area contributed by atoms with Crippen molar-refractivity contribution in [2.45, 2.75) is 12.6 Å². The molecule has 1 aromatic heterocycles. The van der Waals surface area contributed by atoms with Gasteiger partial charge in [-0.05, 0) is 12.1 Å². The number of pyridine rings is 1. The second-order valence-corrected chi connectivity index (χ2v) is 6.20. The molecule has 0 saturated carbocycles. The molecule has 8 heteroatoms. The Labute approximate surface area is 156 Å². The molecule has 6 nitrogen and oxygen atoms in total. The Morgan fingerprint density at radius 1 is 1.41 bits per heavy atom. The van der Waals surface area contributed by atoms with Crippen LogP contribution in [0.3, 0.4) is 0 Å². The Morgan fingerprint density at radius 2 is 2.26 bits per heavy atom. The van der Waals surface area contributed by atoms with Gasteiger partial charge in [0.05, 0.1) is 38.1 Å². The summed E-state index contributed by atoms with van der Waals surface area (Å²) < 4.78 is 38.4. The largest absolute Gasteiger partial charge is 0.496 e. The molecule has 1 fully saturated rings. The highest BCUT2D eigenvalue weighted by Crippen LogP contribution is 2.33. The molecule has 1 aliphatic rings. The lowest BCUT2D eigenvalue weighted by molar-refractivity contribution is -0.124. The fourth-order valence-corrected chi connectivity index (χ4v) is 3.01. The zero-order valence-electron chi connectivity index (χ0n) is 15.0. The number of nitrogens with one attached hydrogen (secondary N) is 1. The summed E-state index contributed by atoms with van der Waals surface area (Å²) in [5.74, 6) is -1.50. The molecule has 1 aliphatic heterocycles. The lowest BCUT2D eigenvalue weighted by Gasteiger charge is -2.33. The third-order valence-corrected chi connectivity index (χ3v) is 4.31. The fourth-order valence-electron chi connectivity index (χ4n) is 3.01. The number of amides is 1. The maximum Gasteiger partial charge on any atom is 0.234 e. The van der Waals surface area contributed by atoms with E-state index in [0.29, 0.717) is 26.2 Å². The topological polar surface area (TPSA) is 63.7 Å². The zero-order chi connectivity index (χ0) is 19.2. The van der Waals surface area contributed by atoms with E-state index in [2.05, 4.69) is 10.3 Å². The van der Waals surface area contributed by atoms with Crippen LogP contribution in [0.25, 0.3) is 0 Å². The van der Waals surface area contributed by atoms with Crippen molar-refractivity contribution in [3.63, 3.8) is 0 Å². The van der Waals surface area contributed by atoms with Crippen LogP contribution in [0.15, 0.2) is 36.5 Å². The molecule has 27 heavy (non-hydrogen) atoms. The highest BCUT2D eigenvalue weighted by atomic mass is 19.1. The Kier molecular flexibility index (Phi) is 6.31. The number of hydrogen-bond acceptors (Lipinski definition) is 5. The molecule has 3 rings (SSSR count). The third-order valence-electron chi connectivity index (χ3n) is 4.31. The number of rotatable bonds is 6. The van der Waals surface area contributed by atoms with Gasteiger partial charge < -0.3 is 14.8 Å². The lowest BCUT2D eigenvalue weighted by Crippen LogP contribution is -2.44. The normalized spacial score (nSPS) is 17.5. The van der Waals surface area contributed by atoms with Crippen molar-refractivity contribution in [2.75, 3.05) is 33.4 Å². The highest BCUT2D eigenvalue weighted by molar-refractivity contribution is 5.78. The average Bonchev–Trinajstić information content (AvgIpc) is 2.66. The lowest BCUT2D eigenvalue weighted by atomic mass is 10.1. The number of nitrogens with zero attached hydrogens (tertiary/aromatic N) is 2. The molecule has 1 saturated heterocycles. The first-order valence-electron chi connectivity index (χ1n) is 8.60. The molecular weight excluding hydrogens is 356 g/mol. The smallest absolute Gasteiger partial charge is 0.234 e. The van der Waals surface area contributed by atoms with Crippen LogP contribution in [0.2, 0.25) is 0 Å². The summed E-state index contributed by atoms with van der Waals surface area (Å²) in [5.41, 5.74) is 0.932. The van der Waals surface area contributed by atoms with Gasteiger partial charge in [0.1, 0.15) is 23.5 Å². The minimum atomic E-state index is -0.724. The number of methoxy groups -OCH3 is 1. The van der Waals surface area contributed by atoms with E-state index in [-0.39, 0.29) is 23.8 Å². The van der Waals surface area contributed by atoms with Crippen molar-refractivity contribution < 1.29 is 23.0 Å². The summed E-state index contributed by atoms with van der Waals surface area (Å²) in [6, 6.07) is 7.42. The van der Waals surface area contributed by atoms with Gasteiger partial charge in [0.15, 0.2) is 0 Å². The van der Waals surface area contributed by atoms with Crippen molar-refractivity contribution in [2.24, 2.45) is 0 Å². The molecule has 1 N–H and O–H groups in total. The highest BCUT2D eigenvalue weighted by Gasteiger charge is 2.28. The molecule has 0 aliphatic carbocycles. The summed E-state index contributed by atoms with van der Waals surface area (Å²) in [4.78, 5) is 18.2. The van der Waals surface area contributed by atoms with Crippen LogP contribution in [-0.4, -0.2) is 49.1 Å². The summed E-state index contributed by atoms with van der Waals surface area (Å²) in [5, 5.41) is 2.81. The van der Waals surface area contributed by atoms with Gasteiger partial charge in [-0.2, -0.15) is 0 Å². The maximum absolute atomic E-state index is 14.3. The standard InChI is InChI=1S/C19H21F2N3O3/c1-26-16-9-13(20)8-15(21)19(16)17-11-24(6-7-27-17)12-18(25)23-10-14-4-2-3-5-22-14/h2-5,8-9,17H,6-7,10-12H2,1H3,(H,23,25). The minimum Gasteiger partial charge on any atom is -0.496 e. The van der Waals surface area contributed by atoms with Gasteiger partial charge in [-0.15, -0.1) is 0 Å². The van der Waals surface area contributed by atoms with E-state index in [1.807, 2.05) is 23.1 Å². The van der Waals surface area contributed by atoms with Crippen LogP contribution in [0, 0.1) is 11.6 Å². The predicted octanol–water partition coefficient (Wildman–Crippen LogP) is 2.06. The predicted molar refractivity (Wildman–Crippen MR) is 94.1 cm³/mol. The van der Waals surface area contributed by atoms with Crippen LogP contribution in [0.4, 0.5) is 8.78 Å². The van der Waals surface area contributed by atoms with Gasteiger partial charge in [0.25, 0.3) is 0 Å². The van der Waals surface area contributed by atoms with Crippen molar-refractivity contribution in [3.05, 3.63) is 59.4 Å². The molecule has 0 spiro atoms. The van der Waals surface area contributed by atoms with Gasteiger partial charge >= 0.3 is 0 Å². The molecule has 1 aromatic carbocycles. The summed E-state index contributed by atoms with van der Waals surface area (Å²) in [6.07, 6.45) is 1.02. The van der Waals surface area contributed by atoms with Crippen LogP contribution in [0.1, 0.15) is 17.4 Å². The molecule has 2 heterocycles. The summed E-state index contributed by atoms with van der Waals surface area (Å²) in [6.45, 7) is 1.67. The van der Waals surface area contributed by atoms with E-state index in [0.717, 1.165) is 17.8 Å². The second kappa shape index (κ2) is 8.88. The van der Waals surface area contributed by atoms with Crippen LogP contribution >= 0.6 is 0 Å². The monoisotopic (exact) mass is 377 g/mol. The molecule has 0 radical (unpaired) electrons. The minimum absolute atomic E-state index is 0.0963. The number of aromatic nitrogens is 1. The van der Waals surface area contributed by atoms with Crippen LogP contribution < -0.4 is 10.1 Å². The number of carbonyl (C=O) groups excluding carboxylic acids is 1. The van der Waals surface area contributed by atoms with Gasteiger partial charge in [-0.3, -0.25) is 14.7 Å². The first-order chi connectivity index (χ1) is 13.1. The third kappa shape index (κ3) is 4.99. The quantitative estimate of drug-likeness (QED) is 0.835. The summed E-state index contributed by atoms with van der Waals surface area (Å²) >= 11 is 0. The van der Waals surface area contributed by atoms with Gasteiger partial charge in [0, 0.05) is 31.4 Å². The van der Waals surface area contributed by atoms with E-state index in [4.69, 9.17) is 9.47 Å².